The minimum Gasteiger partial charge on any atom is -0.368 e. The molecule has 24 heavy (non-hydrogen) atoms. The van der Waals surface area contributed by atoms with Crippen molar-refractivity contribution in [2.45, 2.75) is 27.2 Å². The molecular formula is C19H23ClN2OS. The number of carbonyl (C=O) groups excluding carboxylic acids is 1. The Balaban J connectivity index is 1.68. The van der Waals surface area contributed by atoms with Crippen LogP contribution in [0.1, 0.15) is 32.6 Å². The van der Waals surface area contributed by atoms with Crippen LogP contribution in [0.25, 0.3) is 0 Å². The van der Waals surface area contributed by atoms with E-state index in [4.69, 9.17) is 11.6 Å². The minimum atomic E-state index is 0.172. The lowest BCUT2D eigenvalue weighted by atomic mass is 10.1. The first kappa shape index (κ1) is 17.3. The number of amides is 1. The number of nitrogens with zero attached hydrogens (tertiary/aromatic N) is 2. The van der Waals surface area contributed by atoms with Crippen molar-refractivity contribution < 1.29 is 4.79 Å². The maximum Gasteiger partial charge on any atom is 0.264 e. The van der Waals surface area contributed by atoms with E-state index >= 15 is 0 Å². The molecule has 0 spiro atoms. The van der Waals surface area contributed by atoms with E-state index in [0.29, 0.717) is 0 Å². The van der Waals surface area contributed by atoms with Gasteiger partial charge in [-0.05, 0) is 49.6 Å². The van der Waals surface area contributed by atoms with Crippen molar-refractivity contribution in [3.05, 3.63) is 50.2 Å². The summed E-state index contributed by atoms with van der Waals surface area (Å²) < 4.78 is 0. The summed E-state index contributed by atoms with van der Waals surface area (Å²) in [5, 5.41) is 0.760. The number of aryl methyl sites for hydroxylation is 3. The fraction of sp³-hybridized carbons (Fsp3) is 0.421. The van der Waals surface area contributed by atoms with Gasteiger partial charge in [0.25, 0.3) is 5.91 Å². The third-order valence-corrected chi connectivity index (χ3v) is 6.24. The topological polar surface area (TPSA) is 23.6 Å². The monoisotopic (exact) mass is 362 g/mol. The number of piperazine rings is 1. The second kappa shape index (κ2) is 7.16. The first-order chi connectivity index (χ1) is 11.5. The highest BCUT2D eigenvalue weighted by Gasteiger charge is 2.24. The van der Waals surface area contributed by atoms with E-state index in [-0.39, 0.29) is 5.91 Å². The van der Waals surface area contributed by atoms with Crippen LogP contribution in [0, 0.1) is 13.8 Å². The SMILES string of the molecule is CCc1sc(C(=O)N2CCN(c3cc(Cl)ccc3C)CC2)cc1C. The van der Waals surface area contributed by atoms with Crippen LogP contribution in [0.3, 0.4) is 0 Å². The molecule has 1 aliphatic rings. The van der Waals surface area contributed by atoms with Gasteiger partial charge in [-0.1, -0.05) is 24.6 Å². The van der Waals surface area contributed by atoms with Crippen molar-refractivity contribution in [3.8, 4) is 0 Å². The predicted octanol–water partition coefficient (Wildman–Crippen LogP) is 4.54. The third kappa shape index (κ3) is 3.45. The molecular weight excluding hydrogens is 340 g/mol. The molecule has 128 valence electrons. The summed E-state index contributed by atoms with van der Waals surface area (Å²) in [5.41, 5.74) is 3.63. The second-order valence-electron chi connectivity index (χ2n) is 6.28. The van der Waals surface area contributed by atoms with Crippen LogP contribution >= 0.6 is 22.9 Å². The van der Waals surface area contributed by atoms with Crippen LogP contribution in [-0.2, 0) is 6.42 Å². The molecule has 2 heterocycles. The Morgan fingerprint density at radius 2 is 1.83 bits per heavy atom. The smallest absolute Gasteiger partial charge is 0.264 e. The quantitative estimate of drug-likeness (QED) is 0.800. The molecule has 0 saturated carbocycles. The first-order valence-corrected chi connectivity index (χ1v) is 9.58. The van der Waals surface area contributed by atoms with Crippen molar-refractivity contribution in [2.24, 2.45) is 0 Å². The summed E-state index contributed by atoms with van der Waals surface area (Å²) in [6.45, 7) is 9.53. The Kier molecular flexibility index (Phi) is 5.16. The number of carbonyl (C=O) groups is 1. The molecule has 0 unspecified atom stereocenters. The highest BCUT2D eigenvalue weighted by molar-refractivity contribution is 7.14. The normalized spacial score (nSPS) is 15.0. The van der Waals surface area contributed by atoms with Crippen LogP contribution in [0.15, 0.2) is 24.3 Å². The Labute approximate surface area is 152 Å². The highest BCUT2D eigenvalue weighted by Crippen LogP contribution is 2.27. The summed E-state index contributed by atoms with van der Waals surface area (Å²) in [6, 6.07) is 8.03. The molecule has 1 amide bonds. The second-order valence-corrected chi connectivity index (χ2v) is 7.85. The maximum absolute atomic E-state index is 12.7. The van der Waals surface area contributed by atoms with Crippen molar-refractivity contribution in [1.82, 2.24) is 4.90 Å². The van der Waals surface area contributed by atoms with E-state index in [1.165, 1.54) is 21.7 Å². The zero-order valence-corrected chi connectivity index (χ0v) is 16.0. The predicted molar refractivity (Wildman–Crippen MR) is 103 cm³/mol. The number of thiophene rings is 1. The van der Waals surface area contributed by atoms with Crippen LogP contribution < -0.4 is 4.90 Å². The third-order valence-electron chi connectivity index (χ3n) is 4.63. The molecule has 0 atom stereocenters. The molecule has 5 heteroatoms. The molecule has 1 aromatic carbocycles. The first-order valence-electron chi connectivity index (χ1n) is 8.39. The van der Waals surface area contributed by atoms with Gasteiger partial charge < -0.3 is 9.80 Å². The van der Waals surface area contributed by atoms with E-state index in [1.807, 2.05) is 23.1 Å². The fourth-order valence-corrected chi connectivity index (χ4v) is 4.45. The summed E-state index contributed by atoms with van der Waals surface area (Å²) in [4.78, 5) is 19.2. The molecule has 0 aliphatic carbocycles. The van der Waals surface area contributed by atoms with Gasteiger partial charge in [-0.15, -0.1) is 11.3 Å². The lowest BCUT2D eigenvalue weighted by Gasteiger charge is -2.36. The average molecular weight is 363 g/mol. The summed E-state index contributed by atoms with van der Waals surface area (Å²) >= 11 is 7.78. The molecule has 3 rings (SSSR count). The number of anilines is 1. The number of rotatable bonds is 3. The molecule has 1 aliphatic heterocycles. The zero-order valence-electron chi connectivity index (χ0n) is 14.4. The molecule has 3 nitrogen and oxygen atoms in total. The lowest BCUT2D eigenvalue weighted by molar-refractivity contribution is 0.0751. The van der Waals surface area contributed by atoms with Crippen LogP contribution in [0.4, 0.5) is 5.69 Å². The average Bonchev–Trinajstić information content (AvgIpc) is 2.97. The molecule has 0 radical (unpaired) electrons. The number of benzene rings is 1. The number of hydrogen-bond acceptors (Lipinski definition) is 3. The lowest BCUT2D eigenvalue weighted by Crippen LogP contribution is -2.48. The van der Waals surface area contributed by atoms with Crippen molar-refractivity contribution in [2.75, 3.05) is 31.1 Å². The maximum atomic E-state index is 12.7. The van der Waals surface area contributed by atoms with Gasteiger partial charge in [0.2, 0.25) is 0 Å². The van der Waals surface area contributed by atoms with E-state index < -0.39 is 0 Å². The van der Waals surface area contributed by atoms with Gasteiger partial charge in [0, 0.05) is 41.8 Å². The van der Waals surface area contributed by atoms with Gasteiger partial charge >= 0.3 is 0 Å². The van der Waals surface area contributed by atoms with Crippen LogP contribution in [-0.4, -0.2) is 37.0 Å². The summed E-state index contributed by atoms with van der Waals surface area (Å²) in [6.07, 6.45) is 0.992. The Morgan fingerprint density at radius 3 is 2.46 bits per heavy atom. The van der Waals surface area contributed by atoms with Crippen molar-refractivity contribution in [3.63, 3.8) is 0 Å². The molecule has 0 N–H and O–H groups in total. The fourth-order valence-electron chi connectivity index (χ4n) is 3.21. The molecule has 0 bridgehead atoms. The standard InChI is InChI=1S/C19H23ClN2OS/c1-4-17-14(3)11-18(24-17)19(23)22-9-7-21(8-10-22)16-12-15(20)6-5-13(16)2/h5-6,11-12H,4,7-10H2,1-3H3. The van der Waals surface area contributed by atoms with Crippen molar-refractivity contribution in [1.29, 1.82) is 0 Å². The summed E-state index contributed by atoms with van der Waals surface area (Å²) in [7, 11) is 0. The largest absolute Gasteiger partial charge is 0.368 e. The van der Waals surface area contributed by atoms with Crippen molar-refractivity contribution >= 4 is 34.5 Å². The number of halogens is 1. The zero-order chi connectivity index (χ0) is 17.3. The minimum absolute atomic E-state index is 0.172. The Hall–Kier alpha value is -1.52. The van der Waals surface area contributed by atoms with E-state index in [9.17, 15) is 4.79 Å². The molecule has 1 fully saturated rings. The molecule has 2 aromatic rings. The van der Waals surface area contributed by atoms with Gasteiger partial charge in [-0.2, -0.15) is 0 Å². The van der Waals surface area contributed by atoms with E-state index in [1.54, 1.807) is 11.3 Å². The molecule has 1 saturated heterocycles. The van der Waals surface area contributed by atoms with Crippen LogP contribution in [0.2, 0.25) is 5.02 Å². The van der Waals surface area contributed by atoms with Gasteiger partial charge in [-0.3, -0.25) is 4.79 Å². The highest BCUT2D eigenvalue weighted by atomic mass is 35.5. The summed E-state index contributed by atoms with van der Waals surface area (Å²) in [5.74, 6) is 0.172. The van der Waals surface area contributed by atoms with E-state index in [2.05, 4.69) is 31.7 Å². The van der Waals surface area contributed by atoms with Crippen LogP contribution in [0.5, 0.6) is 0 Å². The van der Waals surface area contributed by atoms with Gasteiger partial charge in [-0.25, -0.2) is 0 Å². The Morgan fingerprint density at radius 1 is 1.12 bits per heavy atom. The molecule has 1 aromatic heterocycles. The Bertz CT molecular complexity index is 748. The van der Waals surface area contributed by atoms with Gasteiger partial charge in [0.1, 0.15) is 0 Å². The van der Waals surface area contributed by atoms with Gasteiger partial charge in [0.15, 0.2) is 0 Å². The van der Waals surface area contributed by atoms with E-state index in [0.717, 1.165) is 42.5 Å². The van der Waals surface area contributed by atoms with Gasteiger partial charge in [0.05, 0.1) is 4.88 Å². The number of hydrogen-bond donors (Lipinski definition) is 0.